The van der Waals surface area contributed by atoms with Crippen LogP contribution in [0.2, 0.25) is 0 Å². The zero-order valence-corrected chi connectivity index (χ0v) is 11.4. The van der Waals surface area contributed by atoms with Gasteiger partial charge >= 0.3 is 0 Å². The van der Waals surface area contributed by atoms with E-state index < -0.39 is 0 Å². The number of benzene rings is 1. The lowest BCUT2D eigenvalue weighted by Gasteiger charge is -2.27. The number of rotatable bonds is 5. The largest absolute Gasteiger partial charge is 0.454 e. The smallest absolute Gasteiger partial charge is 0.231 e. The quantitative estimate of drug-likeness (QED) is 0.779. The first kappa shape index (κ1) is 13.2. The number of fused-ring (bicyclic) bond motifs is 1. The normalized spacial score (nSPS) is 14.0. The molecule has 4 nitrogen and oxygen atoms in total. The molecular formula is C14H22N2O2. The van der Waals surface area contributed by atoms with E-state index in [1.165, 1.54) is 11.1 Å². The molecule has 1 aliphatic heterocycles. The molecule has 1 aromatic carbocycles. The van der Waals surface area contributed by atoms with Crippen LogP contribution in [0.25, 0.3) is 0 Å². The van der Waals surface area contributed by atoms with Crippen LogP contribution in [0.1, 0.15) is 25.0 Å². The van der Waals surface area contributed by atoms with Gasteiger partial charge in [-0.15, -0.1) is 0 Å². The van der Waals surface area contributed by atoms with E-state index in [0.29, 0.717) is 13.3 Å². The van der Waals surface area contributed by atoms with Crippen molar-refractivity contribution in [1.29, 1.82) is 0 Å². The van der Waals surface area contributed by atoms with Crippen LogP contribution in [-0.2, 0) is 5.41 Å². The van der Waals surface area contributed by atoms with Gasteiger partial charge in [-0.05, 0) is 30.2 Å². The van der Waals surface area contributed by atoms with E-state index in [0.717, 1.165) is 24.6 Å². The lowest BCUT2D eigenvalue weighted by atomic mass is 9.81. The van der Waals surface area contributed by atoms with Crippen molar-refractivity contribution >= 4 is 0 Å². The fourth-order valence-electron chi connectivity index (χ4n) is 2.37. The number of hydrogen-bond acceptors (Lipinski definition) is 4. The van der Waals surface area contributed by atoms with Gasteiger partial charge in [-0.3, -0.25) is 0 Å². The lowest BCUT2D eigenvalue weighted by molar-refractivity contribution is 0.174. The van der Waals surface area contributed by atoms with Gasteiger partial charge < -0.3 is 20.5 Å². The third-order valence-corrected chi connectivity index (χ3v) is 3.34. The minimum atomic E-state index is 0.0419. The summed E-state index contributed by atoms with van der Waals surface area (Å²) in [5.41, 5.74) is 8.07. The van der Waals surface area contributed by atoms with E-state index in [1.807, 2.05) is 0 Å². The van der Waals surface area contributed by atoms with Crippen molar-refractivity contribution in [3.63, 3.8) is 0 Å². The van der Waals surface area contributed by atoms with Crippen LogP contribution in [0.4, 0.5) is 0 Å². The Morgan fingerprint density at radius 3 is 2.61 bits per heavy atom. The van der Waals surface area contributed by atoms with Crippen molar-refractivity contribution in [2.75, 3.05) is 26.4 Å². The molecular weight excluding hydrogens is 228 g/mol. The molecule has 0 atom stereocenters. The van der Waals surface area contributed by atoms with Gasteiger partial charge in [0.15, 0.2) is 11.5 Å². The topological polar surface area (TPSA) is 56.5 Å². The number of nitrogens with one attached hydrogen (secondary N) is 1. The van der Waals surface area contributed by atoms with Crippen molar-refractivity contribution in [1.82, 2.24) is 5.32 Å². The predicted octanol–water partition coefficient (Wildman–Crippen LogP) is 1.55. The first-order chi connectivity index (χ1) is 8.54. The van der Waals surface area contributed by atoms with Crippen molar-refractivity contribution in [3.05, 3.63) is 23.3 Å². The molecule has 1 aliphatic rings. The summed E-state index contributed by atoms with van der Waals surface area (Å²) < 4.78 is 10.8. The van der Waals surface area contributed by atoms with E-state index in [-0.39, 0.29) is 5.41 Å². The Hall–Kier alpha value is -1.26. The second kappa shape index (κ2) is 5.16. The number of hydrogen-bond donors (Lipinski definition) is 2. The molecule has 100 valence electrons. The summed E-state index contributed by atoms with van der Waals surface area (Å²) in [6, 6.07) is 4.16. The molecule has 0 bridgehead atoms. The maximum atomic E-state index is 5.50. The molecule has 0 unspecified atom stereocenters. The van der Waals surface area contributed by atoms with Crippen molar-refractivity contribution in [2.45, 2.75) is 26.2 Å². The molecule has 0 radical (unpaired) electrons. The Morgan fingerprint density at radius 1 is 1.28 bits per heavy atom. The van der Waals surface area contributed by atoms with Crippen LogP contribution < -0.4 is 20.5 Å². The number of aryl methyl sites for hydroxylation is 1. The summed E-state index contributed by atoms with van der Waals surface area (Å²) in [4.78, 5) is 0. The highest BCUT2D eigenvalue weighted by molar-refractivity contribution is 5.50. The zero-order valence-electron chi connectivity index (χ0n) is 11.4. The van der Waals surface area contributed by atoms with Crippen LogP contribution in [0, 0.1) is 6.92 Å². The summed E-state index contributed by atoms with van der Waals surface area (Å²) in [6.07, 6.45) is 0. The summed E-state index contributed by atoms with van der Waals surface area (Å²) in [6.45, 7) is 9.28. The molecule has 0 aromatic heterocycles. The van der Waals surface area contributed by atoms with Crippen LogP contribution in [0.15, 0.2) is 12.1 Å². The highest BCUT2D eigenvalue weighted by Crippen LogP contribution is 2.38. The Balaban J connectivity index is 2.21. The zero-order chi connectivity index (χ0) is 13.2. The van der Waals surface area contributed by atoms with E-state index in [9.17, 15) is 0 Å². The van der Waals surface area contributed by atoms with Gasteiger partial charge in [0, 0.05) is 25.0 Å². The summed E-state index contributed by atoms with van der Waals surface area (Å²) in [5.74, 6) is 1.70. The van der Waals surface area contributed by atoms with Crippen LogP contribution in [-0.4, -0.2) is 26.4 Å². The van der Waals surface area contributed by atoms with Crippen molar-refractivity contribution < 1.29 is 9.47 Å². The Labute approximate surface area is 108 Å². The maximum absolute atomic E-state index is 5.50. The molecule has 4 heteroatoms. The molecule has 0 amide bonds. The monoisotopic (exact) mass is 250 g/mol. The first-order valence-corrected chi connectivity index (χ1v) is 6.36. The highest BCUT2D eigenvalue weighted by Gasteiger charge is 2.25. The molecule has 0 fully saturated rings. The van der Waals surface area contributed by atoms with Gasteiger partial charge in [-0.25, -0.2) is 0 Å². The average Bonchev–Trinajstić information content (AvgIpc) is 2.75. The maximum Gasteiger partial charge on any atom is 0.231 e. The number of ether oxygens (including phenoxy) is 2. The molecule has 1 heterocycles. The molecule has 3 N–H and O–H groups in total. The van der Waals surface area contributed by atoms with E-state index >= 15 is 0 Å². The van der Waals surface area contributed by atoms with Crippen molar-refractivity contribution in [2.24, 2.45) is 5.73 Å². The van der Waals surface area contributed by atoms with Gasteiger partial charge in [0.2, 0.25) is 6.79 Å². The number of nitrogens with two attached hydrogens (primary N) is 1. The Morgan fingerprint density at radius 2 is 1.94 bits per heavy atom. The van der Waals surface area contributed by atoms with Gasteiger partial charge in [0.25, 0.3) is 0 Å². The van der Waals surface area contributed by atoms with E-state index in [1.54, 1.807) is 0 Å². The fourth-order valence-corrected chi connectivity index (χ4v) is 2.37. The Kier molecular flexibility index (Phi) is 3.78. The first-order valence-electron chi connectivity index (χ1n) is 6.36. The summed E-state index contributed by atoms with van der Waals surface area (Å²) >= 11 is 0. The molecule has 0 spiro atoms. The molecule has 0 saturated heterocycles. The van der Waals surface area contributed by atoms with Gasteiger partial charge in [-0.1, -0.05) is 13.8 Å². The standard InChI is InChI=1S/C14H22N2O2/c1-10-6-12-13(18-9-17-12)7-11(10)14(2,3)8-16-5-4-15/h6-7,16H,4-5,8-9,15H2,1-3H3. The molecule has 0 aliphatic carbocycles. The SMILES string of the molecule is Cc1cc2c(cc1C(C)(C)CNCCN)OCO2. The second-order valence-corrected chi connectivity index (χ2v) is 5.37. The molecule has 0 saturated carbocycles. The minimum absolute atomic E-state index is 0.0419. The predicted molar refractivity (Wildman–Crippen MR) is 72.3 cm³/mol. The van der Waals surface area contributed by atoms with Gasteiger partial charge in [0.05, 0.1) is 0 Å². The van der Waals surface area contributed by atoms with Gasteiger partial charge in [-0.2, -0.15) is 0 Å². The van der Waals surface area contributed by atoms with Crippen molar-refractivity contribution in [3.8, 4) is 11.5 Å². The Bertz CT molecular complexity index is 430. The average molecular weight is 250 g/mol. The second-order valence-electron chi connectivity index (χ2n) is 5.37. The van der Waals surface area contributed by atoms with Crippen LogP contribution in [0.3, 0.4) is 0 Å². The summed E-state index contributed by atoms with van der Waals surface area (Å²) in [5, 5.41) is 3.37. The third kappa shape index (κ3) is 2.60. The fraction of sp³-hybridized carbons (Fsp3) is 0.571. The molecule has 2 rings (SSSR count). The highest BCUT2D eigenvalue weighted by atomic mass is 16.7. The van der Waals surface area contributed by atoms with Crippen LogP contribution >= 0.6 is 0 Å². The van der Waals surface area contributed by atoms with Gasteiger partial charge in [0.1, 0.15) is 0 Å². The minimum Gasteiger partial charge on any atom is -0.454 e. The molecule has 1 aromatic rings. The van der Waals surface area contributed by atoms with Crippen LogP contribution in [0.5, 0.6) is 11.5 Å². The summed E-state index contributed by atoms with van der Waals surface area (Å²) in [7, 11) is 0. The van der Waals surface area contributed by atoms with E-state index in [2.05, 4.69) is 38.2 Å². The molecule has 18 heavy (non-hydrogen) atoms. The third-order valence-electron chi connectivity index (χ3n) is 3.34. The lowest BCUT2D eigenvalue weighted by Crippen LogP contribution is -2.36. The van der Waals surface area contributed by atoms with E-state index in [4.69, 9.17) is 15.2 Å².